The molecule has 2 aromatic rings. The van der Waals surface area contributed by atoms with Crippen molar-refractivity contribution in [2.75, 3.05) is 12.0 Å². The summed E-state index contributed by atoms with van der Waals surface area (Å²) in [6.07, 6.45) is 1.84. The zero-order valence-corrected chi connectivity index (χ0v) is 13.8. The molecule has 1 aromatic carbocycles. The third-order valence-electron chi connectivity index (χ3n) is 3.38. The van der Waals surface area contributed by atoms with Gasteiger partial charge in [0.05, 0.1) is 12.8 Å². The number of thiophene rings is 1. The molecule has 112 valence electrons. The maximum atomic E-state index is 12.7. The molecule has 0 bridgehead atoms. The first kappa shape index (κ1) is 14.7. The highest BCUT2D eigenvalue weighted by molar-refractivity contribution is 7.80. The Morgan fingerprint density at radius 3 is 2.77 bits per heavy atom. The lowest BCUT2D eigenvalue weighted by molar-refractivity contribution is -0.113. The predicted octanol–water partition coefficient (Wildman–Crippen LogP) is 3.33. The van der Waals surface area contributed by atoms with E-state index in [4.69, 9.17) is 17.0 Å². The highest BCUT2D eigenvalue weighted by Crippen LogP contribution is 2.31. The Morgan fingerprint density at radius 2 is 2.09 bits per heavy atom. The summed E-state index contributed by atoms with van der Waals surface area (Å²) in [7, 11) is 1.57. The first-order chi connectivity index (χ1) is 10.6. The highest BCUT2D eigenvalue weighted by atomic mass is 32.1. The monoisotopic (exact) mass is 330 g/mol. The third kappa shape index (κ3) is 2.51. The van der Waals surface area contributed by atoms with Gasteiger partial charge in [-0.15, -0.1) is 11.3 Å². The summed E-state index contributed by atoms with van der Waals surface area (Å²) in [5, 5.41) is 5.34. The Balaban J connectivity index is 1.99. The Labute approximate surface area is 138 Å². The summed E-state index contributed by atoms with van der Waals surface area (Å²) in [5.41, 5.74) is 2.24. The topological polar surface area (TPSA) is 41.6 Å². The fourth-order valence-corrected chi connectivity index (χ4v) is 3.38. The fourth-order valence-electron chi connectivity index (χ4n) is 2.23. The number of ether oxygens (including phenoxy) is 1. The van der Waals surface area contributed by atoms with Gasteiger partial charge in [0.1, 0.15) is 11.4 Å². The van der Waals surface area contributed by atoms with Gasteiger partial charge in [0, 0.05) is 4.88 Å². The molecule has 1 aromatic heterocycles. The molecule has 0 atom stereocenters. The lowest BCUT2D eigenvalue weighted by Gasteiger charge is -2.17. The van der Waals surface area contributed by atoms with Crippen molar-refractivity contribution in [2.24, 2.45) is 0 Å². The lowest BCUT2D eigenvalue weighted by Crippen LogP contribution is -2.30. The van der Waals surface area contributed by atoms with E-state index in [1.54, 1.807) is 24.5 Å². The molecule has 0 spiro atoms. The predicted molar refractivity (Wildman–Crippen MR) is 93.2 cm³/mol. The van der Waals surface area contributed by atoms with Gasteiger partial charge in [0.15, 0.2) is 5.11 Å². The molecule has 1 N–H and O–H groups in total. The van der Waals surface area contributed by atoms with Crippen LogP contribution in [0.3, 0.4) is 0 Å². The quantitative estimate of drug-likeness (QED) is 0.692. The largest absolute Gasteiger partial charge is 0.495 e. The normalized spacial score (nSPS) is 16.3. The van der Waals surface area contributed by atoms with Crippen molar-refractivity contribution in [3.8, 4) is 5.75 Å². The molecule has 22 heavy (non-hydrogen) atoms. The van der Waals surface area contributed by atoms with Gasteiger partial charge in [-0.2, -0.15) is 0 Å². The van der Waals surface area contributed by atoms with Crippen LogP contribution in [0.4, 0.5) is 5.69 Å². The minimum absolute atomic E-state index is 0.178. The first-order valence-corrected chi connectivity index (χ1v) is 7.95. The molecule has 1 aliphatic rings. The number of carbonyl (C=O) groups excluding carboxylic acids is 1. The molecular formula is C16H14N2O2S2. The summed E-state index contributed by atoms with van der Waals surface area (Å²) in [6, 6.07) is 9.33. The maximum Gasteiger partial charge on any atom is 0.281 e. The molecule has 1 aliphatic heterocycles. The third-order valence-corrected chi connectivity index (χ3v) is 4.63. The van der Waals surface area contributed by atoms with Gasteiger partial charge in [0.2, 0.25) is 0 Å². The summed E-state index contributed by atoms with van der Waals surface area (Å²) in [4.78, 5) is 15.2. The van der Waals surface area contributed by atoms with Crippen LogP contribution in [0.1, 0.15) is 10.4 Å². The number of amides is 1. The Bertz CT molecular complexity index is 780. The van der Waals surface area contributed by atoms with Crippen molar-refractivity contribution in [1.82, 2.24) is 5.32 Å². The van der Waals surface area contributed by atoms with Gasteiger partial charge in [-0.1, -0.05) is 12.1 Å². The van der Waals surface area contributed by atoms with Gasteiger partial charge in [-0.3, -0.25) is 4.79 Å². The maximum absolute atomic E-state index is 12.7. The van der Waals surface area contributed by atoms with Crippen molar-refractivity contribution >= 4 is 46.3 Å². The zero-order chi connectivity index (χ0) is 15.7. The van der Waals surface area contributed by atoms with Crippen molar-refractivity contribution in [3.05, 3.63) is 51.8 Å². The standard InChI is InChI=1S/C16H14N2O2S2/c1-10-7-8-22-14(10)9-11-15(19)18(16(21)17-11)12-5-3-4-6-13(12)20-2/h3-9H,1-2H3,(H,17,21)/b11-9+. The molecule has 4 nitrogen and oxygen atoms in total. The van der Waals surface area contributed by atoms with Crippen LogP contribution >= 0.6 is 23.6 Å². The number of nitrogens with zero attached hydrogens (tertiary/aromatic N) is 1. The van der Waals surface area contributed by atoms with E-state index in [1.807, 2.05) is 42.6 Å². The van der Waals surface area contributed by atoms with Crippen molar-refractivity contribution in [3.63, 3.8) is 0 Å². The van der Waals surface area contributed by atoms with Crippen LogP contribution in [-0.2, 0) is 4.79 Å². The van der Waals surface area contributed by atoms with E-state index < -0.39 is 0 Å². The molecule has 6 heteroatoms. The number of para-hydroxylation sites is 2. The smallest absolute Gasteiger partial charge is 0.281 e. The van der Waals surface area contributed by atoms with Crippen LogP contribution in [0.2, 0.25) is 0 Å². The van der Waals surface area contributed by atoms with E-state index in [9.17, 15) is 4.79 Å². The fraction of sp³-hybridized carbons (Fsp3) is 0.125. The minimum Gasteiger partial charge on any atom is -0.495 e. The molecule has 0 unspecified atom stereocenters. The van der Waals surface area contributed by atoms with Crippen molar-refractivity contribution < 1.29 is 9.53 Å². The Morgan fingerprint density at radius 1 is 1.32 bits per heavy atom. The average molecular weight is 330 g/mol. The minimum atomic E-state index is -0.178. The van der Waals surface area contributed by atoms with Crippen LogP contribution in [0, 0.1) is 6.92 Å². The second-order valence-corrected chi connectivity index (χ2v) is 6.10. The van der Waals surface area contributed by atoms with E-state index in [1.165, 1.54) is 4.90 Å². The number of aryl methyl sites for hydroxylation is 1. The Kier molecular flexibility index (Phi) is 3.96. The summed E-state index contributed by atoms with van der Waals surface area (Å²) < 4.78 is 5.32. The van der Waals surface area contributed by atoms with Crippen LogP contribution in [0.5, 0.6) is 5.75 Å². The van der Waals surface area contributed by atoms with E-state index in [-0.39, 0.29) is 5.91 Å². The van der Waals surface area contributed by atoms with Crippen LogP contribution < -0.4 is 15.0 Å². The van der Waals surface area contributed by atoms with Crippen LogP contribution in [0.25, 0.3) is 6.08 Å². The number of anilines is 1. The van der Waals surface area contributed by atoms with Crippen molar-refractivity contribution in [2.45, 2.75) is 6.92 Å². The van der Waals surface area contributed by atoms with Crippen LogP contribution in [0.15, 0.2) is 41.4 Å². The highest BCUT2D eigenvalue weighted by Gasteiger charge is 2.33. The van der Waals surface area contributed by atoms with E-state index >= 15 is 0 Å². The van der Waals surface area contributed by atoms with Gasteiger partial charge in [0.25, 0.3) is 5.91 Å². The number of methoxy groups -OCH3 is 1. The van der Waals surface area contributed by atoms with Gasteiger partial charge < -0.3 is 10.1 Å². The van der Waals surface area contributed by atoms with Crippen LogP contribution in [-0.4, -0.2) is 18.1 Å². The average Bonchev–Trinajstić information content (AvgIpc) is 3.04. The number of hydrogen-bond acceptors (Lipinski definition) is 4. The van der Waals surface area contributed by atoms with Gasteiger partial charge >= 0.3 is 0 Å². The number of benzene rings is 1. The number of thiocarbonyl (C=S) groups is 1. The molecule has 0 saturated carbocycles. The summed E-state index contributed by atoms with van der Waals surface area (Å²) >= 11 is 6.90. The second-order valence-electron chi connectivity index (χ2n) is 4.77. The number of rotatable bonds is 3. The van der Waals surface area contributed by atoms with E-state index in [0.29, 0.717) is 22.2 Å². The molecule has 1 amide bonds. The molecule has 2 heterocycles. The molecule has 1 fully saturated rings. The van der Waals surface area contributed by atoms with E-state index in [0.717, 1.165) is 10.4 Å². The van der Waals surface area contributed by atoms with Gasteiger partial charge in [-0.05, 0) is 54.4 Å². The summed E-state index contributed by atoms with van der Waals surface area (Å²) in [6.45, 7) is 2.01. The first-order valence-electron chi connectivity index (χ1n) is 6.66. The molecular weight excluding hydrogens is 316 g/mol. The molecule has 0 radical (unpaired) electrons. The number of carbonyl (C=O) groups is 1. The molecule has 3 rings (SSSR count). The molecule has 1 saturated heterocycles. The summed E-state index contributed by atoms with van der Waals surface area (Å²) in [5.74, 6) is 0.427. The zero-order valence-electron chi connectivity index (χ0n) is 12.1. The Hall–Kier alpha value is -2.18. The number of hydrogen-bond donors (Lipinski definition) is 1. The lowest BCUT2D eigenvalue weighted by atomic mass is 10.2. The second kappa shape index (κ2) is 5.90. The number of nitrogens with one attached hydrogen (secondary N) is 1. The van der Waals surface area contributed by atoms with Crippen molar-refractivity contribution in [1.29, 1.82) is 0 Å². The SMILES string of the molecule is COc1ccccc1N1C(=O)/C(=C\c2sccc2C)NC1=S. The van der Waals surface area contributed by atoms with Gasteiger partial charge in [-0.25, -0.2) is 4.90 Å². The van der Waals surface area contributed by atoms with E-state index in [2.05, 4.69) is 5.32 Å². The molecule has 0 aliphatic carbocycles.